The Balaban J connectivity index is 1.47. The van der Waals surface area contributed by atoms with E-state index in [-0.39, 0.29) is 17.8 Å². The molecule has 0 amide bonds. The van der Waals surface area contributed by atoms with Crippen LogP contribution in [0, 0.1) is 0 Å². The molecule has 0 aromatic heterocycles. The highest BCUT2D eigenvalue weighted by molar-refractivity contribution is 7.88. The van der Waals surface area contributed by atoms with Crippen molar-refractivity contribution in [1.82, 2.24) is 9.21 Å². The van der Waals surface area contributed by atoms with Crippen molar-refractivity contribution in [2.75, 3.05) is 39.3 Å². The van der Waals surface area contributed by atoms with E-state index in [0.29, 0.717) is 32.7 Å². The summed E-state index contributed by atoms with van der Waals surface area (Å²) in [6.07, 6.45) is -0.638. The number of nitrogens with zero attached hydrogens (tertiary/aromatic N) is 2. The van der Waals surface area contributed by atoms with E-state index < -0.39 is 16.1 Å². The second-order valence-electron chi connectivity index (χ2n) is 9.15. The quantitative estimate of drug-likeness (QED) is 0.675. The lowest BCUT2D eigenvalue weighted by atomic mass is 9.86. The molecule has 31 heavy (non-hydrogen) atoms. The smallest absolute Gasteiger partial charge is 0.218 e. The number of hydrogen-bond donors (Lipinski definition) is 1. The molecule has 0 aliphatic carbocycles. The summed E-state index contributed by atoms with van der Waals surface area (Å²) in [6, 6.07) is 17.2. The van der Waals surface area contributed by atoms with E-state index in [1.165, 1.54) is 0 Å². The van der Waals surface area contributed by atoms with E-state index in [4.69, 9.17) is 4.74 Å². The van der Waals surface area contributed by atoms with Crippen molar-refractivity contribution >= 4 is 10.0 Å². The van der Waals surface area contributed by atoms with Crippen molar-refractivity contribution in [3.8, 4) is 5.75 Å². The summed E-state index contributed by atoms with van der Waals surface area (Å²) in [5.74, 6) is 0.822. The molecule has 1 aliphatic rings. The van der Waals surface area contributed by atoms with Gasteiger partial charge in [-0.3, -0.25) is 4.90 Å². The molecule has 6 nitrogen and oxygen atoms in total. The van der Waals surface area contributed by atoms with Gasteiger partial charge in [-0.05, 0) is 22.6 Å². The Morgan fingerprint density at radius 1 is 0.968 bits per heavy atom. The van der Waals surface area contributed by atoms with Crippen LogP contribution in [0.1, 0.15) is 31.9 Å². The minimum atomic E-state index is -3.33. The van der Waals surface area contributed by atoms with Crippen molar-refractivity contribution in [3.05, 3.63) is 65.7 Å². The van der Waals surface area contributed by atoms with Crippen LogP contribution in [0.25, 0.3) is 0 Å². The largest absolute Gasteiger partial charge is 0.491 e. The zero-order chi connectivity index (χ0) is 22.5. The second kappa shape index (κ2) is 10.1. The highest BCUT2D eigenvalue weighted by Crippen LogP contribution is 2.31. The minimum Gasteiger partial charge on any atom is -0.491 e. The summed E-state index contributed by atoms with van der Waals surface area (Å²) >= 11 is 0. The first-order chi connectivity index (χ1) is 14.6. The van der Waals surface area contributed by atoms with Crippen LogP contribution < -0.4 is 4.74 Å². The number of rotatable bonds is 8. The molecule has 0 radical (unpaired) electrons. The lowest BCUT2D eigenvalue weighted by Crippen LogP contribution is -2.51. The summed E-state index contributed by atoms with van der Waals surface area (Å²) in [5.41, 5.74) is 1.87. The molecule has 3 rings (SSSR count). The number of sulfonamides is 1. The Bertz CT molecular complexity index is 934. The second-order valence-corrected chi connectivity index (χ2v) is 11.1. The Morgan fingerprint density at radius 2 is 1.58 bits per heavy atom. The Kier molecular flexibility index (Phi) is 7.75. The SMILES string of the molecule is CC(C)(C)c1ccccc1OCC(O)CN1CCN(S(=O)(=O)Cc2ccccc2)CC1. The molecule has 1 fully saturated rings. The topological polar surface area (TPSA) is 70.1 Å². The van der Waals surface area contributed by atoms with E-state index in [1.54, 1.807) is 4.31 Å². The molecule has 1 saturated heterocycles. The molecular weight excluding hydrogens is 412 g/mol. The standard InChI is InChI=1S/C24H34N2O4S/c1-24(2,3)22-11-7-8-12-23(22)30-18-21(27)17-25-13-15-26(16-14-25)31(28,29)19-20-9-5-4-6-10-20/h4-12,21,27H,13-19H2,1-3H3. The van der Waals surface area contributed by atoms with Crippen molar-refractivity contribution in [2.45, 2.75) is 38.0 Å². The first-order valence-electron chi connectivity index (χ1n) is 10.8. The third-order valence-electron chi connectivity index (χ3n) is 5.51. The molecule has 1 heterocycles. The molecule has 2 aromatic rings. The zero-order valence-corrected chi connectivity index (χ0v) is 19.5. The molecule has 1 atom stereocenters. The van der Waals surface area contributed by atoms with Crippen LogP contribution >= 0.6 is 0 Å². The molecule has 0 saturated carbocycles. The molecule has 2 aromatic carbocycles. The third-order valence-corrected chi connectivity index (χ3v) is 7.36. The fourth-order valence-corrected chi connectivity index (χ4v) is 5.33. The molecular formula is C24H34N2O4S. The summed E-state index contributed by atoms with van der Waals surface area (Å²) < 4.78 is 32.9. The van der Waals surface area contributed by atoms with Crippen LogP contribution in [0.3, 0.4) is 0 Å². The van der Waals surface area contributed by atoms with Crippen LogP contribution in [0.4, 0.5) is 0 Å². The van der Waals surface area contributed by atoms with Gasteiger partial charge in [-0.15, -0.1) is 0 Å². The molecule has 0 bridgehead atoms. The van der Waals surface area contributed by atoms with E-state index in [9.17, 15) is 13.5 Å². The van der Waals surface area contributed by atoms with Crippen LogP contribution in [-0.4, -0.2) is 68.2 Å². The predicted octanol–water partition coefficient (Wildman–Crippen LogP) is 2.87. The number of para-hydroxylation sites is 1. The highest BCUT2D eigenvalue weighted by Gasteiger charge is 2.28. The molecule has 1 unspecified atom stereocenters. The van der Waals surface area contributed by atoms with Gasteiger partial charge in [0.25, 0.3) is 0 Å². The monoisotopic (exact) mass is 446 g/mol. The van der Waals surface area contributed by atoms with Gasteiger partial charge in [-0.25, -0.2) is 8.42 Å². The van der Waals surface area contributed by atoms with Crippen molar-refractivity contribution < 1.29 is 18.3 Å². The predicted molar refractivity (Wildman–Crippen MR) is 124 cm³/mol. The zero-order valence-electron chi connectivity index (χ0n) is 18.7. The number of hydrogen-bond acceptors (Lipinski definition) is 5. The van der Waals surface area contributed by atoms with Gasteiger partial charge in [0.2, 0.25) is 10.0 Å². The number of ether oxygens (including phenoxy) is 1. The Morgan fingerprint density at radius 3 is 2.23 bits per heavy atom. The summed E-state index contributed by atoms with van der Waals surface area (Å²) in [4.78, 5) is 2.10. The molecule has 1 N–H and O–H groups in total. The first kappa shape index (κ1) is 23.7. The van der Waals surface area contributed by atoms with Crippen LogP contribution in [0.2, 0.25) is 0 Å². The lowest BCUT2D eigenvalue weighted by molar-refractivity contribution is 0.0563. The van der Waals surface area contributed by atoms with E-state index >= 15 is 0 Å². The van der Waals surface area contributed by atoms with Crippen LogP contribution in [0.5, 0.6) is 5.75 Å². The van der Waals surface area contributed by atoms with Crippen molar-refractivity contribution in [2.24, 2.45) is 0 Å². The summed E-state index contributed by atoms with van der Waals surface area (Å²) in [6.45, 7) is 9.16. The average Bonchev–Trinajstić information content (AvgIpc) is 2.73. The van der Waals surface area contributed by atoms with E-state index in [2.05, 4.69) is 31.7 Å². The van der Waals surface area contributed by atoms with Gasteiger partial charge in [0.15, 0.2) is 0 Å². The average molecular weight is 447 g/mol. The van der Waals surface area contributed by atoms with Gasteiger partial charge in [-0.2, -0.15) is 4.31 Å². The Labute approximate surface area is 186 Å². The highest BCUT2D eigenvalue weighted by atomic mass is 32.2. The molecule has 170 valence electrons. The molecule has 7 heteroatoms. The first-order valence-corrected chi connectivity index (χ1v) is 12.4. The fourth-order valence-electron chi connectivity index (χ4n) is 3.82. The number of aliphatic hydroxyl groups excluding tert-OH is 1. The third kappa shape index (κ3) is 6.77. The maximum atomic E-state index is 12.7. The number of piperazine rings is 1. The Hall–Kier alpha value is -1.93. The molecule has 1 aliphatic heterocycles. The summed E-state index contributed by atoms with van der Waals surface area (Å²) in [5, 5.41) is 10.5. The number of aliphatic hydroxyl groups is 1. The van der Waals surface area contributed by atoms with E-state index in [0.717, 1.165) is 16.9 Å². The van der Waals surface area contributed by atoms with Crippen LogP contribution in [-0.2, 0) is 21.2 Å². The number of benzene rings is 2. The van der Waals surface area contributed by atoms with Crippen molar-refractivity contribution in [3.63, 3.8) is 0 Å². The van der Waals surface area contributed by atoms with Gasteiger partial charge < -0.3 is 9.84 Å². The fraction of sp³-hybridized carbons (Fsp3) is 0.500. The normalized spacial score (nSPS) is 17.4. The summed E-state index contributed by atoms with van der Waals surface area (Å²) in [7, 11) is -3.33. The van der Waals surface area contributed by atoms with Crippen LogP contribution in [0.15, 0.2) is 54.6 Å². The van der Waals surface area contributed by atoms with Gasteiger partial charge in [0.1, 0.15) is 18.5 Å². The van der Waals surface area contributed by atoms with Gasteiger partial charge in [0.05, 0.1) is 5.75 Å². The lowest BCUT2D eigenvalue weighted by Gasteiger charge is -2.35. The van der Waals surface area contributed by atoms with Gasteiger partial charge in [-0.1, -0.05) is 69.3 Å². The number of β-amino-alcohol motifs (C(OH)–C–C–N with tert-alkyl or cyclic N) is 1. The van der Waals surface area contributed by atoms with Gasteiger partial charge in [0, 0.05) is 32.7 Å². The van der Waals surface area contributed by atoms with Crippen molar-refractivity contribution in [1.29, 1.82) is 0 Å². The van der Waals surface area contributed by atoms with E-state index in [1.807, 2.05) is 48.5 Å². The minimum absolute atomic E-state index is 0.0253. The van der Waals surface area contributed by atoms with Gasteiger partial charge >= 0.3 is 0 Å². The maximum Gasteiger partial charge on any atom is 0.218 e. The molecule has 0 spiro atoms. The maximum absolute atomic E-state index is 12.7.